The van der Waals surface area contributed by atoms with E-state index in [1.165, 1.54) is 24.3 Å². The second kappa shape index (κ2) is 12.2. The van der Waals surface area contributed by atoms with Gasteiger partial charge in [-0.05, 0) is 70.0 Å². The lowest BCUT2D eigenvalue weighted by molar-refractivity contribution is -0.124. The van der Waals surface area contributed by atoms with Gasteiger partial charge in [-0.1, -0.05) is 44.2 Å². The number of nitrogens with zero attached hydrogens (tertiary/aromatic N) is 1. The van der Waals surface area contributed by atoms with E-state index in [0.717, 1.165) is 23.4 Å². The lowest BCUT2D eigenvalue weighted by atomic mass is 10.0. The first-order chi connectivity index (χ1) is 16.0. The van der Waals surface area contributed by atoms with Gasteiger partial charge in [-0.25, -0.2) is 9.38 Å². The maximum atomic E-state index is 13.1. The second-order valence-electron chi connectivity index (χ2n) is 9.26. The third kappa shape index (κ3) is 8.23. The van der Waals surface area contributed by atoms with Crippen molar-refractivity contribution in [3.05, 3.63) is 77.1 Å². The molecule has 0 saturated carbocycles. The fraction of sp³-hybridized carbons (Fsp3) is 0.370. The van der Waals surface area contributed by atoms with E-state index in [0.29, 0.717) is 18.3 Å². The van der Waals surface area contributed by atoms with E-state index in [2.05, 4.69) is 29.8 Å². The number of hydrogen-bond acceptors (Lipinski definition) is 4. The topological polar surface area (TPSA) is 82.6 Å². The number of carbonyl (C=O) groups excluding carboxylic acids is 2. The molecule has 0 aliphatic carbocycles. The monoisotopic (exact) mass is 466 g/mol. The van der Waals surface area contributed by atoms with Crippen LogP contribution in [0.1, 0.15) is 57.5 Å². The number of benzene rings is 2. The molecule has 7 heteroatoms. The van der Waals surface area contributed by atoms with E-state index in [4.69, 9.17) is 4.99 Å². The molecule has 2 amide bonds. The van der Waals surface area contributed by atoms with Crippen LogP contribution in [0.5, 0.6) is 0 Å². The number of amides is 2. The molecule has 2 aromatic rings. The van der Waals surface area contributed by atoms with Crippen molar-refractivity contribution in [2.24, 2.45) is 10.9 Å². The molecule has 34 heavy (non-hydrogen) atoms. The van der Waals surface area contributed by atoms with Crippen LogP contribution >= 0.6 is 0 Å². The first kappa shape index (κ1) is 26.9. The van der Waals surface area contributed by atoms with Gasteiger partial charge in [-0.3, -0.25) is 9.59 Å². The molecule has 0 radical (unpaired) electrons. The van der Waals surface area contributed by atoms with E-state index < -0.39 is 23.2 Å². The SMILES string of the molecule is CC(=N/C(=C(\C)CNCC(C)C)c1ccccc1)NC(=O)C(C)(C)NC(=O)c1ccc(F)cc1. The van der Waals surface area contributed by atoms with Crippen LogP contribution in [0.15, 0.2) is 65.2 Å². The summed E-state index contributed by atoms with van der Waals surface area (Å²) < 4.78 is 13.1. The number of amidine groups is 1. The average Bonchev–Trinajstić information content (AvgIpc) is 2.77. The summed E-state index contributed by atoms with van der Waals surface area (Å²) in [5, 5.41) is 8.92. The smallest absolute Gasteiger partial charge is 0.252 e. The minimum Gasteiger partial charge on any atom is -0.338 e. The summed E-state index contributed by atoms with van der Waals surface area (Å²) in [6.07, 6.45) is 0. The number of rotatable bonds is 9. The molecule has 0 aliphatic rings. The summed E-state index contributed by atoms with van der Waals surface area (Å²) in [6.45, 7) is 12.8. The van der Waals surface area contributed by atoms with Gasteiger partial charge in [-0.15, -0.1) is 0 Å². The zero-order valence-corrected chi connectivity index (χ0v) is 20.8. The maximum Gasteiger partial charge on any atom is 0.252 e. The summed E-state index contributed by atoms with van der Waals surface area (Å²) in [4.78, 5) is 30.2. The van der Waals surface area contributed by atoms with Crippen LogP contribution in [0, 0.1) is 11.7 Å². The van der Waals surface area contributed by atoms with Crippen molar-refractivity contribution in [1.29, 1.82) is 0 Å². The van der Waals surface area contributed by atoms with E-state index in [-0.39, 0.29) is 5.56 Å². The first-order valence-corrected chi connectivity index (χ1v) is 11.4. The van der Waals surface area contributed by atoms with Gasteiger partial charge in [0.25, 0.3) is 5.91 Å². The Labute approximate surface area is 201 Å². The Morgan fingerprint density at radius 3 is 2.18 bits per heavy atom. The summed E-state index contributed by atoms with van der Waals surface area (Å²) >= 11 is 0. The molecule has 0 unspecified atom stereocenters. The molecule has 0 fully saturated rings. The van der Waals surface area contributed by atoms with Gasteiger partial charge in [-0.2, -0.15) is 0 Å². The fourth-order valence-corrected chi connectivity index (χ4v) is 3.16. The van der Waals surface area contributed by atoms with Crippen molar-refractivity contribution in [1.82, 2.24) is 16.0 Å². The van der Waals surface area contributed by atoms with Crippen molar-refractivity contribution in [2.75, 3.05) is 13.1 Å². The van der Waals surface area contributed by atoms with Gasteiger partial charge < -0.3 is 16.0 Å². The number of carbonyl (C=O) groups is 2. The normalized spacial score (nSPS) is 12.9. The van der Waals surface area contributed by atoms with Gasteiger partial charge in [0, 0.05) is 17.7 Å². The van der Waals surface area contributed by atoms with Crippen LogP contribution in [-0.2, 0) is 4.79 Å². The lowest BCUT2D eigenvalue weighted by Gasteiger charge is -2.25. The highest BCUT2D eigenvalue weighted by Crippen LogP contribution is 2.20. The molecular formula is C27H35FN4O2. The molecule has 0 saturated heterocycles. The van der Waals surface area contributed by atoms with E-state index >= 15 is 0 Å². The predicted molar refractivity (Wildman–Crippen MR) is 136 cm³/mol. The predicted octanol–water partition coefficient (Wildman–Crippen LogP) is 4.55. The Kier molecular flexibility index (Phi) is 9.69. The molecule has 0 bridgehead atoms. The maximum absolute atomic E-state index is 13.1. The largest absolute Gasteiger partial charge is 0.338 e. The number of nitrogens with one attached hydrogen (secondary N) is 3. The van der Waals surface area contributed by atoms with Crippen LogP contribution in [-0.4, -0.2) is 36.3 Å². The summed E-state index contributed by atoms with van der Waals surface area (Å²) in [7, 11) is 0. The van der Waals surface area contributed by atoms with Crippen LogP contribution in [0.25, 0.3) is 5.70 Å². The van der Waals surface area contributed by atoms with Crippen molar-refractivity contribution in [3.63, 3.8) is 0 Å². The van der Waals surface area contributed by atoms with Crippen LogP contribution in [0.2, 0.25) is 0 Å². The molecule has 182 valence electrons. The zero-order valence-electron chi connectivity index (χ0n) is 20.8. The Morgan fingerprint density at radius 1 is 0.971 bits per heavy atom. The molecule has 3 N–H and O–H groups in total. The van der Waals surface area contributed by atoms with E-state index in [1.54, 1.807) is 20.8 Å². The van der Waals surface area contributed by atoms with E-state index in [1.807, 2.05) is 37.3 Å². The minimum atomic E-state index is -1.22. The molecule has 0 spiro atoms. The standard InChI is InChI=1S/C27H35FN4O2/c1-18(2)16-29-17-19(3)24(21-10-8-7-9-11-21)30-20(4)31-26(34)27(5,6)32-25(33)22-12-14-23(28)15-13-22/h7-15,18,29H,16-17H2,1-6H3,(H,32,33)(H,30,31,34)/b24-19+. The van der Waals surface area contributed by atoms with E-state index in [9.17, 15) is 14.0 Å². The number of aliphatic imine (C=N–C) groups is 1. The van der Waals surface area contributed by atoms with Gasteiger partial charge in [0.05, 0.1) is 5.70 Å². The molecule has 2 aromatic carbocycles. The van der Waals surface area contributed by atoms with Crippen molar-refractivity contribution < 1.29 is 14.0 Å². The third-order valence-corrected chi connectivity index (χ3v) is 5.07. The van der Waals surface area contributed by atoms with Crippen LogP contribution in [0.4, 0.5) is 4.39 Å². The van der Waals surface area contributed by atoms with Gasteiger partial charge in [0.1, 0.15) is 17.2 Å². The third-order valence-electron chi connectivity index (χ3n) is 5.07. The van der Waals surface area contributed by atoms with Gasteiger partial charge >= 0.3 is 0 Å². The minimum absolute atomic E-state index is 0.270. The highest BCUT2D eigenvalue weighted by Gasteiger charge is 2.30. The van der Waals surface area contributed by atoms with Crippen LogP contribution < -0.4 is 16.0 Å². The van der Waals surface area contributed by atoms with Gasteiger partial charge in [0.15, 0.2) is 0 Å². The van der Waals surface area contributed by atoms with Gasteiger partial charge in [0.2, 0.25) is 5.91 Å². The molecule has 6 nitrogen and oxygen atoms in total. The molecular weight excluding hydrogens is 431 g/mol. The summed E-state index contributed by atoms with van der Waals surface area (Å²) in [6, 6.07) is 14.9. The Bertz CT molecular complexity index is 1040. The Hall–Kier alpha value is -3.32. The highest BCUT2D eigenvalue weighted by atomic mass is 19.1. The quantitative estimate of drug-likeness (QED) is 0.375. The van der Waals surface area contributed by atoms with Crippen molar-refractivity contribution in [2.45, 2.75) is 47.1 Å². The molecule has 0 heterocycles. The molecule has 0 atom stereocenters. The van der Waals surface area contributed by atoms with Crippen LogP contribution in [0.3, 0.4) is 0 Å². The number of halogens is 1. The Balaban J connectivity index is 2.17. The Morgan fingerprint density at radius 2 is 1.59 bits per heavy atom. The second-order valence-corrected chi connectivity index (χ2v) is 9.26. The fourth-order valence-electron chi connectivity index (χ4n) is 3.16. The van der Waals surface area contributed by atoms with Crippen molar-refractivity contribution in [3.8, 4) is 0 Å². The molecule has 0 aliphatic heterocycles. The zero-order chi connectivity index (χ0) is 25.3. The first-order valence-electron chi connectivity index (χ1n) is 11.4. The number of hydrogen-bond donors (Lipinski definition) is 3. The highest BCUT2D eigenvalue weighted by molar-refractivity contribution is 6.05. The lowest BCUT2D eigenvalue weighted by Crippen LogP contribution is -2.55. The average molecular weight is 467 g/mol. The molecule has 2 rings (SSSR count). The summed E-state index contributed by atoms with van der Waals surface area (Å²) in [5.41, 5.74) is 1.83. The van der Waals surface area contributed by atoms with Crippen molar-refractivity contribution >= 4 is 23.3 Å². The summed E-state index contributed by atoms with van der Waals surface area (Å²) in [5.74, 6) is -0.364. The molecule has 0 aromatic heterocycles.